The van der Waals surface area contributed by atoms with Crippen LogP contribution in [-0.4, -0.2) is 0 Å². The minimum absolute atomic E-state index is 0.378. The van der Waals surface area contributed by atoms with Crippen LogP contribution < -0.4 is 0 Å². The van der Waals surface area contributed by atoms with Gasteiger partial charge in [-0.2, -0.15) is 0 Å². The van der Waals surface area contributed by atoms with Crippen LogP contribution in [0.4, 0.5) is 0 Å². The average Bonchev–Trinajstić information content (AvgIpc) is 3.77. The van der Waals surface area contributed by atoms with Crippen molar-refractivity contribution in [1.82, 2.24) is 0 Å². The second-order valence-corrected chi connectivity index (χ2v) is 16.7. The van der Waals surface area contributed by atoms with E-state index in [0.29, 0.717) is 0 Å². The first-order valence-electron chi connectivity index (χ1n) is 20.7. The summed E-state index contributed by atoms with van der Waals surface area (Å²) in [7, 11) is 0. The Morgan fingerprint density at radius 2 is 0.712 bits per heavy atom. The summed E-state index contributed by atoms with van der Waals surface area (Å²) in [6, 6.07) is 78.1. The summed E-state index contributed by atoms with van der Waals surface area (Å²) in [5, 5.41) is 15.7. The Morgan fingerprint density at radius 1 is 0.220 bits per heavy atom. The summed E-state index contributed by atoms with van der Waals surface area (Å²) < 4.78 is 0. The Labute approximate surface area is 341 Å². The van der Waals surface area contributed by atoms with Crippen LogP contribution in [0.2, 0.25) is 0 Å². The number of hydrogen-bond acceptors (Lipinski definition) is 0. The fraction of sp³-hybridized carbons (Fsp3) is 0.0169. The van der Waals surface area contributed by atoms with Crippen molar-refractivity contribution < 1.29 is 0 Å². The molecule has 12 aromatic carbocycles. The fourth-order valence-corrected chi connectivity index (χ4v) is 11.6. The van der Waals surface area contributed by atoms with Crippen LogP contribution in [0, 0.1) is 0 Å². The van der Waals surface area contributed by atoms with Gasteiger partial charge in [0, 0.05) is 0 Å². The first-order chi connectivity index (χ1) is 29.3. The van der Waals surface area contributed by atoms with Crippen LogP contribution in [0.5, 0.6) is 0 Å². The molecule has 0 unspecified atom stereocenters. The molecular formula is C59H34. The predicted molar refractivity (Wildman–Crippen MR) is 250 cm³/mol. The topological polar surface area (TPSA) is 0 Å². The van der Waals surface area contributed by atoms with E-state index in [2.05, 4.69) is 206 Å². The van der Waals surface area contributed by atoms with Crippen molar-refractivity contribution in [3.05, 3.63) is 229 Å². The Balaban J connectivity index is 0.999. The first-order valence-corrected chi connectivity index (χ1v) is 20.7. The molecule has 270 valence electrons. The minimum Gasteiger partial charge on any atom is -0.0619 e. The molecule has 0 nitrogen and oxygen atoms in total. The van der Waals surface area contributed by atoms with Crippen LogP contribution in [0.15, 0.2) is 206 Å². The maximum atomic E-state index is 2.56. The van der Waals surface area contributed by atoms with Crippen LogP contribution in [0.3, 0.4) is 0 Å². The van der Waals surface area contributed by atoms with Crippen LogP contribution in [-0.2, 0) is 5.41 Å². The van der Waals surface area contributed by atoms with Gasteiger partial charge in [0.1, 0.15) is 0 Å². The molecule has 14 rings (SSSR count). The van der Waals surface area contributed by atoms with Crippen molar-refractivity contribution in [1.29, 1.82) is 0 Å². The monoisotopic (exact) mass is 742 g/mol. The molecule has 2 aliphatic carbocycles. The molecule has 0 bridgehead atoms. The smallest absolute Gasteiger partial charge is 0.0619 e. The molecule has 0 amide bonds. The molecule has 2 aliphatic rings. The number of hydrogen-bond donors (Lipinski definition) is 0. The molecule has 0 atom stereocenters. The Morgan fingerprint density at radius 3 is 1.42 bits per heavy atom. The lowest BCUT2D eigenvalue weighted by Gasteiger charge is -2.30. The molecule has 1 spiro atoms. The summed E-state index contributed by atoms with van der Waals surface area (Å²) in [4.78, 5) is 0. The molecule has 0 heterocycles. The van der Waals surface area contributed by atoms with Crippen molar-refractivity contribution in [2.24, 2.45) is 0 Å². The molecule has 0 aromatic heterocycles. The molecule has 0 fully saturated rings. The molecule has 0 saturated heterocycles. The lowest BCUT2D eigenvalue weighted by Crippen LogP contribution is -2.25. The quantitative estimate of drug-likeness (QED) is 0.155. The maximum absolute atomic E-state index is 2.56. The normalized spacial score (nSPS) is 13.6. The molecule has 0 radical (unpaired) electrons. The zero-order valence-corrected chi connectivity index (χ0v) is 32.1. The molecule has 59 heavy (non-hydrogen) atoms. The Hall–Kier alpha value is -7.54. The fourth-order valence-electron chi connectivity index (χ4n) is 11.6. The van der Waals surface area contributed by atoms with E-state index < -0.39 is 0 Å². The van der Waals surface area contributed by atoms with Gasteiger partial charge in [-0.1, -0.05) is 182 Å². The van der Waals surface area contributed by atoms with E-state index >= 15 is 0 Å². The van der Waals surface area contributed by atoms with E-state index in [9.17, 15) is 0 Å². The highest BCUT2D eigenvalue weighted by Crippen LogP contribution is 2.63. The lowest BCUT2D eigenvalue weighted by molar-refractivity contribution is 0.795. The number of fused-ring (bicyclic) bond motifs is 16. The molecule has 0 saturated carbocycles. The van der Waals surface area contributed by atoms with Crippen molar-refractivity contribution in [3.8, 4) is 44.5 Å². The van der Waals surface area contributed by atoms with E-state index in [1.807, 2.05) is 0 Å². The number of rotatable bonds is 2. The Kier molecular flexibility index (Phi) is 6.05. The molecule has 0 aliphatic heterocycles. The maximum Gasteiger partial charge on any atom is 0.0725 e. The summed E-state index contributed by atoms with van der Waals surface area (Å²) >= 11 is 0. The molecule has 0 heteroatoms. The largest absolute Gasteiger partial charge is 0.0725 e. The SMILES string of the molecule is c1cc(-c2ccc3c(c2)c2ccccc2c2cc4c(cc32)C2(c3ccccc3-c3ccccc32)c2ccccc2-4)cc(-c2ccc3ccc4cccc5ccc2c3c45)c1. The van der Waals surface area contributed by atoms with Crippen molar-refractivity contribution >= 4 is 64.6 Å². The van der Waals surface area contributed by atoms with Crippen LogP contribution >= 0.6 is 0 Å². The van der Waals surface area contributed by atoms with E-state index in [0.717, 1.165) is 0 Å². The molecule has 12 aromatic rings. The Bertz CT molecular complexity index is 3730. The van der Waals surface area contributed by atoms with Crippen molar-refractivity contribution in [2.75, 3.05) is 0 Å². The third-order valence-corrected chi connectivity index (χ3v) is 14.0. The summed E-state index contributed by atoms with van der Waals surface area (Å²) in [6.45, 7) is 0. The summed E-state index contributed by atoms with van der Waals surface area (Å²) in [5.41, 5.74) is 15.4. The highest BCUT2D eigenvalue weighted by molar-refractivity contribution is 6.28. The highest BCUT2D eigenvalue weighted by Gasteiger charge is 2.51. The lowest BCUT2D eigenvalue weighted by atomic mass is 9.70. The van der Waals surface area contributed by atoms with E-state index in [1.54, 1.807) is 0 Å². The summed E-state index contributed by atoms with van der Waals surface area (Å²) in [5.74, 6) is 0. The van der Waals surface area contributed by atoms with Crippen LogP contribution in [0.25, 0.3) is 109 Å². The molecular weight excluding hydrogens is 709 g/mol. The van der Waals surface area contributed by atoms with Gasteiger partial charge < -0.3 is 0 Å². The zero-order valence-electron chi connectivity index (χ0n) is 32.1. The average molecular weight is 743 g/mol. The second-order valence-electron chi connectivity index (χ2n) is 16.7. The minimum atomic E-state index is -0.378. The van der Waals surface area contributed by atoms with Gasteiger partial charge in [-0.05, 0) is 156 Å². The highest BCUT2D eigenvalue weighted by atomic mass is 14.5. The van der Waals surface area contributed by atoms with Crippen LogP contribution in [0.1, 0.15) is 22.3 Å². The number of benzene rings is 12. The van der Waals surface area contributed by atoms with Crippen molar-refractivity contribution in [3.63, 3.8) is 0 Å². The van der Waals surface area contributed by atoms with Gasteiger partial charge in [0.15, 0.2) is 0 Å². The second kappa shape index (κ2) is 11.3. The predicted octanol–water partition coefficient (Wildman–Crippen LogP) is 15.7. The van der Waals surface area contributed by atoms with Gasteiger partial charge in [-0.25, -0.2) is 0 Å². The van der Waals surface area contributed by atoms with Gasteiger partial charge in [0.25, 0.3) is 0 Å². The first kappa shape index (κ1) is 31.5. The van der Waals surface area contributed by atoms with E-state index in [4.69, 9.17) is 0 Å². The van der Waals surface area contributed by atoms with E-state index in [1.165, 1.54) is 131 Å². The third-order valence-electron chi connectivity index (χ3n) is 14.0. The third kappa shape index (κ3) is 3.98. The van der Waals surface area contributed by atoms with Gasteiger partial charge in [0.05, 0.1) is 5.41 Å². The standard InChI is InChI=1S/C59H34/c1-2-16-43-42(15-1)49-32-39(38-13-10-14-40(31-38)41-28-25-37-24-23-35-11-9-12-36-26-30-48(41)58(37)57(35)36)27-29-44(49)51-34-56-52(33-50(43)51)47-19-5-8-22-55(47)59(56)53-20-6-3-17-45(53)46-18-4-7-21-54(46)59/h1-34H. The van der Waals surface area contributed by atoms with Crippen molar-refractivity contribution in [2.45, 2.75) is 5.41 Å². The van der Waals surface area contributed by atoms with Gasteiger partial charge in [0.2, 0.25) is 0 Å². The van der Waals surface area contributed by atoms with Gasteiger partial charge in [-0.15, -0.1) is 0 Å². The summed E-state index contributed by atoms with van der Waals surface area (Å²) in [6.07, 6.45) is 0. The van der Waals surface area contributed by atoms with Gasteiger partial charge in [-0.3, -0.25) is 0 Å². The molecule has 0 N–H and O–H groups in total. The zero-order chi connectivity index (χ0) is 38.4. The van der Waals surface area contributed by atoms with E-state index in [-0.39, 0.29) is 5.41 Å². The van der Waals surface area contributed by atoms with Gasteiger partial charge >= 0.3 is 0 Å².